The lowest BCUT2D eigenvalue weighted by Gasteiger charge is -2.11. The first-order valence-electron chi connectivity index (χ1n) is 4.93. The molecule has 0 aromatic heterocycles. The van der Waals surface area contributed by atoms with Gasteiger partial charge in [0.25, 0.3) is 0 Å². The van der Waals surface area contributed by atoms with Crippen LogP contribution in [0.5, 0.6) is 5.75 Å². The molecule has 0 saturated carbocycles. The van der Waals surface area contributed by atoms with E-state index in [1.54, 1.807) is 14.2 Å². The molecule has 0 radical (unpaired) electrons. The second-order valence-corrected chi connectivity index (χ2v) is 3.52. The Hall–Kier alpha value is -1.35. The van der Waals surface area contributed by atoms with Crippen LogP contribution >= 0.6 is 0 Å². The zero-order chi connectivity index (χ0) is 11.4. The lowest BCUT2D eigenvalue weighted by molar-refractivity contribution is 0.0993. The van der Waals surface area contributed by atoms with Crippen LogP contribution in [-0.4, -0.2) is 26.5 Å². The Balaban J connectivity index is 3.11. The minimum absolute atomic E-state index is 0.112. The van der Waals surface area contributed by atoms with Crippen LogP contribution in [0.15, 0.2) is 12.1 Å². The number of ether oxygens (including phenoxy) is 1. The van der Waals surface area contributed by atoms with E-state index in [2.05, 4.69) is 5.32 Å². The Kier molecular flexibility index (Phi) is 3.86. The number of nitrogens with one attached hydrogen (secondary N) is 1. The Morgan fingerprint density at radius 3 is 2.53 bits per heavy atom. The molecule has 0 amide bonds. The van der Waals surface area contributed by atoms with Crippen molar-refractivity contribution in [3.05, 3.63) is 28.8 Å². The normalized spacial score (nSPS) is 10.1. The Bertz CT molecular complexity index is 372. The highest BCUT2D eigenvalue weighted by Crippen LogP contribution is 2.23. The minimum Gasteiger partial charge on any atom is -0.496 e. The van der Waals surface area contributed by atoms with Gasteiger partial charge in [0.05, 0.1) is 13.7 Å². The van der Waals surface area contributed by atoms with E-state index in [-0.39, 0.29) is 5.78 Å². The minimum atomic E-state index is 0.112. The number of hydrogen-bond donors (Lipinski definition) is 1. The SMILES string of the molecule is CNCC(=O)c1ccc(OC)c(C)c1C. The zero-order valence-electron chi connectivity index (χ0n) is 9.68. The molecule has 0 saturated heterocycles. The quantitative estimate of drug-likeness (QED) is 0.764. The van der Waals surface area contributed by atoms with Gasteiger partial charge in [0.2, 0.25) is 0 Å². The molecule has 1 N–H and O–H groups in total. The summed E-state index contributed by atoms with van der Waals surface area (Å²) in [5.41, 5.74) is 2.79. The van der Waals surface area contributed by atoms with Crippen molar-refractivity contribution in [1.82, 2.24) is 5.32 Å². The molecule has 1 aromatic rings. The van der Waals surface area contributed by atoms with E-state index in [1.165, 1.54) is 0 Å². The standard InChI is InChI=1S/C12H17NO2/c1-8-9(2)12(15-4)6-5-10(8)11(14)7-13-3/h5-6,13H,7H2,1-4H3. The average Bonchev–Trinajstić information content (AvgIpc) is 2.22. The van der Waals surface area contributed by atoms with Gasteiger partial charge in [-0.2, -0.15) is 0 Å². The van der Waals surface area contributed by atoms with Crippen LogP contribution in [-0.2, 0) is 0 Å². The molecule has 0 aliphatic rings. The monoisotopic (exact) mass is 207 g/mol. The van der Waals surface area contributed by atoms with Crippen molar-refractivity contribution in [2.75, 3.05) is 20.7 Å². The highest BCUT2D eigenvalue weighted by molar-refractivity contribution is 5.99. The molecule has 3 nitrogen and oxygen atoms in total. The summed E-state index contributed by atoms with van der Waals surface area (Å²) in [5, 5.41) is 2.86. The predicted molar refractivity (Wildman–Crippen MR) is 60.7 cm³/mol. The van der Waals surface area contributed by atoms with Crippen LogP contribution in [0.1, 0.15) is 21.5 Å². The van der Waals surface area contributed by atoms with Crippen molar-refractivity contribution < 1.29 is 9.53 Å². The van der Waals surface area contributed by atoms with Crippen molar-refractivity contribution in [3.63, 3.8) is 0 Å². The summed E-state index contributed by atoms with van der Waals surface area (Å²) >= 11 is 0. The summed E-state index contributed by atoms with van der Waals surface area (Å²) in [4.78, 5) is 11.7. The molecule has 82 valence electrons. The molecule has 3 heteroatoms. The third-order valence-corrected chi connectivity index (χ3v) is 2.60. The molecule has 0 bridgehead atoms. The highest BCUT2D eigenvalue weighted by Gasteiger charge is 2.12. The van der Waals surface area contributed by atoms with Crippen LogP contribution in [0, 0.1) is 13.8 Å². The number of methoxy groups -OCH3 is 1. The molecule has 15 heavy (non-hydrogen) atoms. The van der Waals surface area contributed by atoms with Gasteiger partial charge in [-0.15, -0.1) is 0 Å². The largest absolute Gasteiger partial charge is 0.496 e. The van der Waals surface area contributed by atoms with E-state index in [0.717, 1.165) is 22.4 Å². The Morgan fingerprint density at radius 2 is 2.00 bits per heavy atom. The molecule has 1 aromatic carbocycles. The Labute approximate surface area is 90.4 Å². The first-order valence-corrected chi connectivity index (χ1v) is 4.93. The number of rotatable bonds is 4. The molecule has 1 rings (SSSR count). The first kappa shape index (κ1) is 11.7. The van der Waals surface area contributed by atoms with Gasteiger partial charge in [-0.05, 0) is 44.2 Å². The summed E-state index contributed by atoms with van der Waals surface area (Å²) in [6.07, 6.45) is 0. The van der Waals surface area contributed by atoms with Crippen molar-refractivity contribution in [2.45, 2.75) is 13.8 Å². The van der Waals surface area contributed by atoms with Crippen molar-refractivity contribution in [3.8, 4) is 5.75 Å². The van der Waals surface area contributed by atoms with Crippen LogP contribution < -0.4 is 10.1 Å². The van der Waals surface area contributed by atoms with E-state index in [1.807, 2.05) is 26.0 Å². The van der Waals surface area contributed by atoms with Crippen LogP contribution in [0.25, 0.3) is 0 Å². The van der Waals surface area contributed by atoms with E-state index in [4.69, 9.17) is 4.74 Å². The lowest BCUT2D eigenvalue weighted by Crippen LogP contribution is -2.19. The highest BCUT2D eigenvalue weighted by atomic mass is 16.5. The summed E-state index contributed by atoms with van der Waals surface area (Å²) < 4.78 is 5.19. The fourth-order valence-corrected chi connectivity index (χ4v) is 1.57. The number of carbonyl (C=O) groups is 1. The molecule has 0 aliphatic heterocycles. The van der Waals surface area contributed by atoms with E-state index >= 15 is 0 Å². The van der Waals surface area contributed by atoms with Crippen LogP contribution in [0.2, 0.25) is 0 Å². The maximum absolute atomic E-state index is 11.7. The third-order valence-electron chi connectivity index (χ3n) is 2.60. The summed E-state index contributed by atoms with van der Waals surface area (Å²) in [6.45, 7) is 4.28. The lowest BCUT2D eigenvalue weighted by atomic mass is 9.99. The van der Waals surface area contributed by atoms with Gasteiger partial charge in [-0.3, -0.25) is 4.79 Å². The van der Waals surface area contributed by atoms with Crippen molar-refractivity contribution >= 4 is 5.78 Å². The van der Waals surface area contributed by atoms with Gasteiger partial charge in [0.15, 0.2) is 5.78 Å². The molecule has 0 unspecified atom stereocenters. The average molecular weight is 207 g/mol. The topological polar surface area (TPSA) is 38.3 Å². The maximum atomic E-state index is 11.7. The molecule has 0 fully saturated rings. The number of hydrogen-bond acceptors (Lipinski definition) is 3. The number of Topliss-reactive ketones (excluding diaryl/α,β-unsaturated/α-hetero) is 1. The third kappa shape index (κ3) is 2.36. The molecular formula is C12H17NO2. The molecule has 0 heterocycles. The summed E-state index contributed by atoms with van der Waals surface area (Å²) in [5.74, 6) is 0.939. The van der Waals surface area contributed by atoms with Gasteiger partial charge < -0.3 is 10.1 Å². The van der Waals surface area contributed by atoms with Gasteiger partial charge in [0.1, 0.15) is 5.75 Å². The summed E-state index contributed by atoms with van der Waals surface area (Å²) in [6, 6.07) is 3.66. The van der Waals surface area contributed by atoms with Crippen LogP contribution in [0.3, 0.4) is 0 Å². The second kappa shape index (κ2) is 4.94. The number of ketones is 1. The molecule has 0 aliphatic carbocycles. The first-order chi connectivity index (χ1) is 7.11. The fraction of sp³-hybridized carbons (Fsp3) is 0.417. The summed E-state index contributed by atoms with van der Waals surface area (Å²) in [7, 11) is 3.40. The van der Waals surface area contributed by atoms with Crippen LogP contribution in [0.4, 0.5) is 0 Å². The number of benzene rings is 1. The van der Waals surface area contributed by atoms with Gasteiger partial charge in [-0.1, -0.05) is 0 Å². The Morgan fingerprint density at radius 1 is 1.33 bits per heavy atom. The van der Waals surface area contributed by atoms with Gasteiger partial charge >= 0.3 is 0 Å². The number of carbonyl (C=O) groups excluding carboxylic acids is 1. The van der Waals surface area contributed by atoms with Gasteiger partial charge in [-0.25, -0.2) is 0 Å². The smallest absolute Gasteiger partial charge is 0.176 e. The molecule has 0 spiro atoms. The van der Waals surface area contributed by atoms with Crippen molar-refractivity contribution in [2.24, 2.45) is 0 Å². The van der Waals surface area contributed by atoms with E-state index in [9.17, 15) is 4.79 Å². The number of likely N-dealkylation sites (N-methyl/N-ethyl adjacent to an activating group) is 1. The molecule has 0 atom stereocenters. The van der Waals surface area contributed by atoms with Crippen molar-refractivity contribution in [1.29, 1.82) is 0 Å². The predicted octanol–water partition coefficient (Wildman–Crippen LogP) is 1.71. The van der Waals surface area contributed by atoms with Gasteiger partial charge in [0, 0.05) is 5.56 Å². The zero-order valence-corrected chi connectivity index (χ0v) is 9.68. The maximum Gasteiger partial charge on any atom is 0.176 e. The molecular weight excluding hydrogens is 190 g/mol. The van der Waals surface area contributed by atoms with E-state index in [0.29, 0.717) is 6.54 Å². The second-order valence-electron chi connectivity index (χ2n) is 3.52. The van der Waals surface area contributed by atoms with E-state index < -0.39 is 0 Å². The fourth-order valence-electron chi connectivity index (χ4n) is 1.57.